The summed E-state index contributed by atoms with van der Waals surface area (Å²) in [5.41, 5.74) is 8.17. The van der Waals surface area contributed by atoms with E-state index in [0.717, 1.165) is 16.6 Å². The Kier molecular flexibility index (Phi) is 3.92. The van der Waals surface area contributed by atoms with Crippen molar-refractivity contribution in [1.82, 2.24) is 15.3 Å². The Morgan fingerprint density at radius 3 is 2.74 bits per heavy atom. The lowest BCUT2D eigenvalue weighted by atomic mass is 10.1. The summed E-state index contributed by atoms with van der Waals surface area (Å²) in [6.45, 7) is 0.450. The lowest BCUT2D eigenvalue weighted by molar-refractivity contribution is 0.102. The largest absolute Gasteiger partial charge is 0.370 e. The molecule has 23 heavy (non-hydrogen) atoms. The maximum absolute atomic E-state index is 12.3. The van der Waals surface area contributed by atoms with E-state index in [0.29, 0.717) is 17.8 Å². The fourth-order valence-electron chi connectivity index (χ4n) is 2.24. The number of carbonyl (C=O) groups excluding carboxylic acids is 1. The lowest BCUT2D eigenvalue weighted by Crippen LogP contribution is -2.29. The van der Waals surface area contributed by atoms with Crippen LogP contribution in [0, 0.1) is 5.41 Å². The number of amides is 1. The Bertz CT molecular complexity index is 852. The van der Waals surface area contributed by atoms with Crippen LogP contribution in [0.3, 0.4) is 0 Å². The van der Waals surface area contributed by atoms with E-state index in [2.05, 4.69) is 20.6 Å². The van der Waals surface area contributed by atoms with Crippen LogP contribution in [-0.2, 0) is 6.54 Å². The molecule has 0 radical (unpaired) electrons. The minimum atomic E-state index is -0.190. The van der Waals surface area contributed by atoms with Crippen LogP contribution in [0.1, 0.15) is 15.9 Å². The number of H-pyrrole nitrogens is 1. The van der Waals surface area contributed by atoms with Gasteiger partial charge in [0.25, 0.3) is 5.91 Å². The molecule has 0 aliphatic heterocycles. The topological polar surface area (TPSA) is 120 Å². The van der Waals surface area contributed by atoms with E-state index in [4.69, 9.17) is 11.1 Å². The highest BCUT2D eigenvalue weighted by Gasteiger charge is 2.09. The van der Waals surface area contributed by atoms with Crippen molar-refractivity contribution in [3.8, 4) is 0 Å². The minimum Gasteiger partial charge on any atom is -0.370 e. The van der Waals surface area contributed by atoms with Crippen LogP contribution >= 0.6 is 0 Å². The van der Waals surface area contributed by atoms with Crippen molar-refractivity contribution < 1.29 is 4.79 Å². The van der Waals surface area contributed by atoms with Gasteiger partial charge < -0.3 is 21.4 Å². The van der Waals surface area contributed by atoms with Gasteiger partial charge in [-0.15, -0.1) is 0 Å². The maximum Gasteiger partial charge on any atom is 0.255 e. The smallest absolute Gasteiger partial charge is 0.255 e. The van der Waals surface area contributed by atoms with E-state index in [9.17, 15) is 4.79 Å². The molecule has 0 unspecified atom stereocenters. The number of nitrogens with zero attached hydrogens (tertiary/aromatic N) is 1. The van der Waals surface area contributed by atoms with Crippen LogP contribution in [0.25, 0.3) is 11.0 Å². The van der Waals surface area contributed by atoms with Gasteiger partial charge in [-0.2, -0.15) is 0 Å². The molecule has 2 heterocycles. The van der Waals surface area contributed by atoms with Gasteiger partial charge in [-0.25, -0.2) is 4.98 Å². The van der Waals surface area contributed by atoms with Crippen molar-refractivity contribution in [3.63, 3.8) is 0 Å². The third-order valence-corrected chi connectivity index (χ3v) is 3.41. The molecule has 7 nitrogen and oxygen atoms in total. The summed E-state index contributed by atoms with van der Waals surface area (Å²) < 4.78 is 0. The lowest BCUT2D eigenvalue weighted by Gasteiger charge is -2.08. The molecule has 0 aliphatic rings. The predicted octanol–water partition coefficient (Wildman–Crippen LogP) is 1.80. The molecular formula is C16H16N6O. The number of carbonyl (C=O) groups is 1. The zero-order chi connectivity index (χ0) is 16.2. The van der Waals surface area contributed by atoms with Crippen LogP contribution in [0.15, 0.2) is 48.8 Å². The molecule has 0 bridgehead atoms. The first-order chi connectivity index (χ1) is 11.1. The number of guanidine groups is 1. The molecule has 1 aromatic carbocycles. The number of pyridine rings is 1. The number of hydrogen-bond donors (Lipinski definition) is 5. The Balaban J connectivity index is 1.73. The van der Waals surface area contributed by atoms with E-state index >= 15 is 0 Å². The molecule has 0 spiro atoms. The van der Waals surface area contributed by atoms with Crippen molar-refractivity contribution in [2.75, 3.05) is 5.32 Å². The number of nitrogens with one attached hydrogen (secondary N) is 4. The van der Waals surface area contributed by atoms with Crippen LogP contribution in [0.4, 0.5) is 5.69 Å². The van der Waals surface area contributed by atoms with Gasteiger partial charge >= 0.3 is 0 Å². The fourth-order valence-corrected chi connectivity index (χ4v) is 2.24. The van der Waals surface area contributed by atoms with E-state index < -0.39 is 0 Å². The molecule has 3 aromatic rings. The van der Waals surface area contributed by atoms with Crippen molar-refractivity contribution in [3.05, 3.63) is 59.9 Å². The Morgan fingerprint density at radius 1 is 1.22 bits per heavy atom. The van der Waals surface area contributed by atoms with Gasteiger partial charge in [0.05, 0.1) is 5.69 Å². The fraction of sp³-hybridized carbons (Fsp3) is 0.0625. The number of nitrogens with two attached hydrogens (primary N) is 1. The summed E-state index contributed by atoms with van der Waals surface area (Å²) in [4.78, 5) is 19.5. The highest BCUT2D eigenvalue weighted by molar-refractivity contribution is 6.08. The second kappa shape index (κ2) is 6.18. The molecule has 0 saturated carbocycles. The predicted molar refractivity (Wildman–Crippen MR) is 89.2 cm³/mol. The van der Waals surface area contributed by atoms with Gasteiger partial charge in [0.2, 0.25) is 0 Å². The third-order valence-electron chi connectivity index (χ3n) is 3.41. The molecule has 0 fully saturated rings. The number of anilines is 1. The van der Waals surface area contributed by atoms with Gasteiger partial charge in [0.1, 0.15) is 5.65 Å². The summed E-state index contributed by atoms with van der Waals surface area (Å²) in [5, 5.41) is 13.6. The molecular weight excluding hydrogens is 292 g/mol. The SMILES string of the molecule is N=C(N)NCc1ccc(C(=O)Nc2ccnc3[nH]ccc23)cc1. The van der Waals surface area contributed by atoms with Crippen molar-refractivity contribution in [2.24, 2.45) is 5.73 Å². The van der Waals surface area contributed by atoms with Gasteiger partial charge in [-0.05, 0) is 29.8 Å². The molecule has 2 aromatic heterocycles. The standard InChI is InChI=1S/C16H16N6O/c17-16(18)21-9-10-1-3-11(4-2-10)15(23)22-13-6-8-20-14-12(13)5-7-19-14/h1-8H,9H2,(H4,17,18,21)(H2,19,20,22,23). The van der Waals surface area contributed by atoms with E-state index in [1.165, 1.54) is 0 Å². The Labute approximate surface area is 132 Å². The van der Waals surface area contributed by atoms with Crippen LogP contribution in [-0.4, -0.2) is 21.8 Å². The number of rotatable bonds is 4. The number of fused-ring (bicyclic) bond motifs is 1. The Morgan fingerprint density at radius 2 is 2.00 bits per heavy atom. The average molecular weight is 308 g/mol. The summed E-state index contributed by atoms with van der Waals surface area (Å²) in [7, 11) is 0. The second-order valence-corrected chi connectivity index (χ2v) is 5.02. The van der Waals surface area contributed by atoms with E-state index in [-0.39, 0.29) is 11.9 Å². The van der Waals surface area contributed by atoms with Crippen molar-refractivity contribution in [2.45, 2.75) is 6.54 Å². The van der Waals surface area contributed by atoms with Crippen LogP contribution in [0.2, 0.25) is 0 Å². The van der Waals surface area contributed by atoms with E-state index in [1.54, 1.807) is 30.6 Å². The number of hydrogen-bond acceptors (Lipinski definition) is 3. The van der Waals surface area contributed by atoms with Crippen LogP contribution in [0.5, 0.6) is 0 Å². The molecule has 1 amide bonds. The first-order valence-corrected chi connectivity index (χ1v) is 7.04. The highest BCUT2D eigenvalue weighted by Crippen LogP contribution is 2.20. The van der Waals surface area contributed by atoms with Crippen LogP contribution < -0.4 is 16.4 Å². The molecule has 0 atom stereocenters. The van der Waals surface area contributed by atoms with E-state index in [1.807, 2.05) is 18.2 Å². The third kappa shape index (κ3) is 3.29. The molecule has 0 aliphatic carbocycles. The maximum atomic E-state index is 12.3. The minimum absolute atomic E-state index is 0.0833. The molecule has 3 rings (SSSR count). The van der Waals surface area contributed by atoms with Gasteiger partial charge in [0.15, 0.2) is 5.96 Å². The summed E-state index contributed by atoms with van der Waals surface area (Å²) in [6.07, 6.45) is 3.43. The number of aromatic nitrogens is 2. The highest BCUT2D eigenvalue weighted by atomic mass is 16.1. The summed E-state index contributed by atoms with van der Waals surface area (Å²) in [6, 6.07) is 10.8. The normalized spacial score (nSPS) is 10.4. The molecule has 0 saturated heterocycles. The second-order valence-electron chi connectivity index (χ2n) is 5.02. The quantitative estimate of drug-likeness (QED) is 0.373. The monoisotopic (exact) mass is 308 g/mol. The molecule has 116 valence electrons. The summed E-state index contributed by atoms with van der Waals surface area (Å²) >= 11 is 0. The zero-order valence-electron chi connectivity index (χ0n) is 12.3. The number of benzene rings is 1. The molecule has 7 heteroatoms. The van der Waals surface area contributed by atoms with Gasteiger partial charge in [-0.3, -0.25) is 10.2 Å². The van der Waals surface area contributed by atoms with Crippen molar-refractivity contribution in [1.29, 1.82) is 5.41 Å². The molecule has 6 N–H and O–H groups in total. The average Bonchev–Trinajstić information content (AvgIpc) is 3.03. The number of aromatic amines is 1. The Hall–Kier alpha value is -3.35. The summed E-state index contributed by atoms with van der Waals surface area (Å²) in [5.74, 6) is -0.273. The van der Waals surface area contributed by atoms with Crippen molar-refractivity contribution >= 4 is 28.6 Å². The first kappa shape index (κ1) is 14.6. The first-order valence-electron chi connectivity index (χ1n) is 7.04. The zero-order valence-corrected chi connectivity index (χ0v) is 12.3. The van der Waals surface area contributed by atoms with Gasteiger partial charge in [0, 0.05) is 29.9 Å². The van der Waals surface area contributed by atoms with Gasteiger partial charge in [-0.1, -0.05) is 12.1 Å².